The lowest BCUT2D eigenvalue weighted by molar-refractivity contribution is 0.866. The average Bonchev–Trinajstić information content (AvgIpc) is 2.73. The molecule has 3 aromatic rings. The molecule has 0 aliphatic heterocycles. The highest BCUT2D eigenvalue weighted by atomic mass is 15.4. The fourth-order valence-corrected chi connectivity index (χ4v) is 3.11. The van der Waals surface area contributed by atoms with E-state index in [4.69, 9.17) is 16.6 Å². The van der Waals surface area contributed by atoms with Gasteiger partial charge in [-0.1, -0.05) is 50.2 Å². The minimum absolute atomic E-state index is 0.405. The largest absolute Gasteiger partial charge is 0.403 e. The monoisotopic (exact) mass is 388 g/mol. The highest BCUT2D eigenvalue weighted by molar-refractivity contribution is 5.63. The number of aryl methyl sites for hydroxylation is 1. The Hall–Kier alpha value is -3.38. The van der Waals surface area contributed by atoms with Gasteiger partial charge in [0.25, 0.3) is 0 Å². The maximum Gasteiger partial charge on any atom is 0.161 e. The van der Waals surface area contributed by atoms with Crippen LogP contribution in [0.25, 0.3) is 11.4 Å². The number of benzene rings is 2. The van der Waals surface area contributed by atoms with Crippen molar-refractivity contribution in [2.75, 3.05) is 10.3 Å². The van der Waals surface area contributed by atoms with E-state index >= 15 is 0 Å². The molecule has 29 heavy (non-hydrogen) atoms. The van der Waals surface area contributed by atoms with Crippen LogP contribution < -0.4 is 21.9 Å². The van der Waals surface area contributed by atoms with Crippen molar-refractivity contribution in [3.8, 4) is 11.4 Å². The number of hydrogen-bond donors (Lipinski definition) is 3. The molecule has 0 bridgehead atoms. The summed E-state index contributed by atoms with van der Waals surface area (Å²) in [4.78, 5) is 9.37. The van der Waals surface area contributed by atoms with Gasteiger partial charge in [-0.05, 0) is 36.1 Å². The molecule has 0 fully saturated rings. The number of rotatable bonds is 7. The number of nitrogens with two attached hydrogens (primary N) is 2. The number of nitrogens with one attached hydrogen (secondary N) is 1. The van der Waals surface area contributed by atoms with Crippen molar-refractivity contribution < 1.29 is 0 Å². The van der Waals surface area contributed by atoms with E-state index in [-0.39, 0.29) is 0 Å². The summed E-state index contributed by atoms with van der Waals surface area (Å²) in [5.41, 5.74) is 10.7. The summed E-state index contributed by atoms with van der Waals surface area (Å²) in [5, 5.41) is 4.91. The maximum atomic E-state index is 5.88. The van der Waals surface area contributed by atoms with Gasteiger partial charge in [0.15, 0.2) is 5.82 Å². The number of hydrazine groups is 1. The lowest BCUT2D eigenvalue weighted by atomic mass is 9.97. The minimum atomic E-state index is 0.405. The van der Waals surface area contributed by atoms with Crippen LogP contribution in [0.2, 0.25) is 0 Å². The molecule has 0 atom stereocenters. The first kappa shape index (κ1) is 20.4. The number of hydrogen-bond acceptors (Lipinski definition) is 6. The van der Waals surface area contributed by atoms with Gasteiger partial charge in [-0.15, -0.1) is 0 Å². The van der Waals surface area contributed by atoms with Crippen LogP contribution in [0.4, 0.5) is 11.5 Å². The van der Waals surface area contributed by atoms with Gasteiger partial charge in [0, 0.05) is 36.3 Å². The Morgan fingerprint density at radius 2 is 1.83 bits per heavy atom. The van der Waals surface area contributed by atoms with E-state index in [1.54, 1.807) is 6.20 Å². The first-order valence-corrected chi connectivity index (χ1v) is 9.67. The standard InChI is InChI=1S/C23H28N6/c1-16(2)20-6-4-5-7-21(20)23-26-14-17(3)22(28-23)27-15-18-8-10-19(11-9-18)29(25)13-12-24/h4-14,16H,15,24-25H2,1-3H3,(H,26,27,28)/b13-12-. The molecule has 0 radical (unpaired) electrons. The Morgan fingerprint density at radius 1 is 1.10 bits per heavy atom. The van der Waals surface area contributed by atoms with Gasteiger partial charge in [-0.25, -0.2) is 15.8 Å². The van der Waals surface area contributed by atoms with Crippen molar-refractivity contribution in [1.29, 1.82) is 0 Å². The SMILES string of the molecule is Cc1cnc(-c2ccccc2C(C)C)nc1NCc1ccc(N(N)/C=C\N)cc1. The van der Waals surface area contributed by atoms with Crippen LogP contribution in [0, 0.1) is 6.92 Å². The first-order chi connectivity index (χ1) is 14.0. The molecule has 150 valence electrons. The molecule has 1 aromatic heterocycles. The van der Waals surface area contributed by atoms with E-state index in [1.165, 1.54) is 16.8 Å². The number of anilines is 2. The van der Waals surface area contributed by atoms with Gasteiger partial charge in [-0.2, -0.15) is 0 Å². The van der Waals surface area contributed by atoms with Gasteiger partial charge >= 0.3 is 0 Å². The summed E-state index contributed by atoms with van der Waals surface area (Å²) in [7, 11) is 0. The van der Waals surface area contributed by atoms with E-state index in [0.717, 1.165) is 34.0 Å². The van der Waals surface area contributed by atoms with E-state index in [9.17, 15) is 0 Å². The zero-order valence-corrected chi connectivity index (χ0v) is 17.1. The molecule has 5 N–H and O–H groups in total. The van der Waals surface area contributed by atoms with Crippen LogP contribution in [0.3, 0.4) is 0 Å². The molecular weight excluding hydrogens is 360 g/mol. The third kappa shape index (κ3) is 4.92. The molecule has 6 heteroatoms. The van der Waals surface area contributed by atoms with Crippen molar-refractivity contribution in [2.45, 2.75) is 33.2 Å². The molecule has 0 saturated heterocycles. The number of nitrogens with zero attached hydrogens (tertiary/aromatic N) is 3. The Kier molecular flexibility index (Phi) is 6.46. The van der Waals surface area contributed by atoms with Gasteiger partial charge in [0.05, 0.1) is 5.69 Å². The molecule has 0 amide bonds. The Labute approximate surface area is 172 Å². The van der Waals surface area contributed by atoms with Crippen LogP contribution in [-0.2, 0) is 6.54 Å². The summed E-state index contributed by atoms with van der Waals surface area (Å²) in [6, 6.07) is 16.3. The van der Waals surface area contributed by atoms with Crippen LogP contribution in [0.1, 0.15) is 36.5 Å². The molecule has 3 rings (SSSR count). The predicted molar refractivity (Wildman–Crippen MR) is 120 cm³/mol. The van der Waals surface area contributed by atoms with Crippen LogP contribution in [-0.4, -0.2) is 9.97 Å². The van der Waals surface area contributed by atoms with Crippen molar-refractivity contribution in [2.24, 2.45) is 11.6 Å². The summed E-state index contributed by atoms with van der Waals surface area (Å²) in [6.45, 7) is 7.03. The Balaban J connectivity index is 1.78. The van der Waals surface area contributed by atoms with E-state index in [2.05, 4.69) is 42.3 Å². The second kappa shape index (κ2) is 9.21. The van der Waals surface area contributed by atoms with Crippen LogP contribution >= 0.6 is 0 Å². The van der Waals surface area contributed by atoms with E-state index in [1.807, 2.05) is 43.5 Å². The molecule has 0 saturated carbocycles. The van der Waals surface area contributed by atoms with Gasteiger partial charge < -0.3 is 11.1 Å². The second-order valence-electron chi connectivity index (χ2n) is 7.24. The maximum absolute atomic E-state index is 5.88. The quantitative estimate of drug-likeness (QED) is 0.413. The Bertz CT molecular complexity index is 979. The van der Waals surface area contributed by atoms with E-state index in [0.29, 0.717) is 12.5 Å². The smallest absolute Gasteiger partial charge is 0.161 e. The average molecular weight is 389 g/mol. The highest BCUT2D eigenvalue weighted by Crippen LogP contribution is 2.28. The fourth-order valence-electron chi connectivity index (χ4n) is 3.11. The molecule has 0 aliphatic rings. The zero-order chi connectivity index (χ0) is 20.8. The van der Waals surface area contributed by atoms with Crippen molar-refractivity contribution >= 4 is 11.5 Å². The lowest BCUT2D eigenvalue weighted by Crippen LogP contribution is -2.24. The minimum Gasteiger partial charge on any atom is -0.403 e. The highest BCUT2D eigenvalue weighted by Gasteiger charge is 2.12. The third-order valence-corrected chi connectivity index (χ3v) is 4.74. The molecular formula is C23H28N6. The molecule has 0 spiro atoms. The van der Waals surface area contributed by atoms with Crippen LogP contribution in [0.15, 0.2) is 67.1 Å². The van der Waals surface area contributed by atoms with Crippen molar-refractivity contribution in [1.82, 2.24) is 9.97 Å². The molecule has 6 nitrogen and oxygen atoms in total. The summed E-state index contributed by atoms with van der Waals surface area (Å²) in [5.74, 6) is 7.86. The third-order valence-electron chi connectivity index (χ3n) is 4.74. The second-order valence-corrected chi connectivity index (χ2v) is 7.24. The lowest BCUT2D eigenvalue weighted by Gasteiger charge is -2.15. The fraction of sp³-hybridized carbons (Fsp3) is 0.217. The topological polar surface area (TPSA) is 93.1 Å². The summed E-state index contributed by atoms with van der Waals surface area (Å²) < 4.78 is 0. The Morgan fingerprint density at radius 3 is 2.52 bits per heavy atom. The van der Waals surface area contributed by atoms with Gasteiger partial charge in [-0.3, -0.25) is 5.01 Å². The normalized spacial score (nSPS) is 11.2. The van der Waals surface area contributed by atoms with E-state index < -0.39 is 0 Å². The molecule has 1 heterocycles. The molecule has 0 aliphatic carbocycles. The van der Waals surface area contributed by atoms with Crippen molar-refractivity contribution in [3.05, 3.63) is 83.8 Å². The molecule has 0 unspecified atom stereocenters. The summed E-state index contributed by atoms with van der Waals surface area (Å²) in [6.07, 6.45) is 4.88. The zero-order valence-electron chi connectivity index (χ0n) is 17.1. The number of aromatic nitrogens is 2. The predicted octanol–water partition coefficient (Wildman–Crippen LogP) is 4.30. The summed E-state index contributed by atoms with van der Waals surface area (Å²) >= 11 is 0. The van der Waals surface area contributed by atoms with Crippen LogP contribution in [0.5, 0.6) is 0 Å². The van der Waals surface area contributed by atoms with Gasteiger partial charge in [0.1, 0.15) is 5.82 Å². The molecule has 2 aromatic carbocycles. The first-order valence-electron chi connectivity index (χ1n) is 9.67. The van der Waals surface area contributed by atoms with Crippen molar-refractivity contribution in [3.63, 3.8) is 0 Å². The van der Waals surface area contributed by atoms with Gasteiger partial charge in [0.2, 0.25) is 0 Å².